The summed E-state index contributed by atoms with van der Waals surface area (Å²) in [5.41, 5.74) is 0.842. The molecule has 254 valence electrons. The molecule has 9 heteroatoms. The average Bonchev–Trinajstić information content (AvgIpc) is 2.92. The second-order valence-electron chi connectivity index (χ2n) is 14.3. The molecule has 0 radical (unpaired) electrons. The lowest BCUT2D eigenvalue weighted by molar-refractivity contribution is -0.159. The van der Waals surface area contributed by atoms with Crippen LogP contribution >= 0.6 is 0 Å². The molecule has 0 saturated heterocycles. The van der Waals surface area contributed by atoms with Gasteiger partial charge in [-0.3, -0.25) is 9.59 Å². The number of benzene rings is 2. The maximum Gasteiger partial charge on any atom is 0.408 e. The van der Waals surface area contributed by atoms with Crippen molar-refractivity contribution in [1.82, 2.24) is 15.5 Å². The van der Waals surface area contributed by atoms with E-state index in [0.29, 0.717) is 18.4 Å². The molecule has 0 aliphatic rings. The number of nitrogens with zero attached hydrogens (tertiary/aromatic N) is 1. The summed E-state index contributed by atoms with van der Waals surface area (Å²) in [4.78, 5) is 56.8. The van der Waals surface area contributed by atoms with Crippen molar-refractivity contribution in [2.75, 3.05) is 6.54 Å². The van der Waals surface area contributed by atoms with Crippen LogP contribution in [0.4, 0.5) is 4.79 Å². The molecule has 2 aromatic carbocycles. The number of aryl methyl sites for hydroxylation is 1. The van der Waals surface area contributed by atoms with Crippen molar-refractivity contribution in [2.24, 2.45) is 5.92 Å². The van der Waals surface area contributed by atoms with Crippen LogP contribution in [0, 0.1) is 12.8 Å². The Labute approximate surface area is 275 Å². The molecule has 9 nitrogen and oxygen atoms in total. The topological polar surface area (TPSA) is 114 Å². The number of alkyl carbamates (subject to hydrolysis) is 1. The Bertz CT molecular complexity index is 1300. The molecular formula is C37H55N3O6. The third-order valence-corrected chi connectivity index (χ3v) is 6.94. The highest BCUT2D eigenvalue weighted by Crippen LogP contribution is 2.26. The van der Waals surface area contributed by atoms with E-state index in [2.05, 4.69) is 10.6 Å². The summed E-state index contributed by atoms with van der Waals surface area (Å²) in [5.74, 6) is -1.41. The number of hydrogen-bond donors (Lipinski definition) is 2. The van der Waals surface area contributed by atoms with E-state index in [4.69, 9.17) is 9.47 Å². The Balaban J connectivity index is 2.60. The second kappa shape index (κ2) is 17.2. The normalized spacial score (nSPS) is 13.7. The van der Waals surface area contributed by atoms with Crippen LogP contribution in [-0.2, 0) is 30.3 Å². The zero-order chi connectivity index (χ0) is 34.7. The lowest BCUT2D eigenvalue weighted by Gasteiger charge is -2.36. The Morgan fingerprint density at radius 2 is 1.46 bits per heavy atom. The zero-order valence-electron chi connectivity index (χ0n) is 29.4. The number of amides is 3. The van der Waals surface area contributed by atoms with Crippen LogP contribution in [0.5, 0.6) is 0 Å². The molecule has 3 amide bonds. The van der Waals surface area contributed by atoms with Gasteiger partial charge < -0.3 is 25.0 Å². The Kier molecular flexibility index (Phi) is 14.3. The number of carbonyl (C=O) groups excluding carboxylic acids is 4. The van der Waals surface area contributed by atoms with Gasteiger partial charge >= 0.3 is 12.1 Å². The number of hydrogen-bond acceptors (Lipinski definition) is 6. The summed E-state index contributed by atoms with van der Waals surface area (Å²) in [5, 5.41) is 5.73. The van der Waals surface area contributed by atoms with Crippen LogP contribution in [0.25, 0.3) is 0 Å². The van der Waals surface area contributed by atoms with Gasteiger partial charge in [-0.15, -0.1) is 0 Å². The predicted molar refractivity (Wildman–Crippen MR) is 181 cm³/mol. The van der Waals surface area contributed by atoms with E-state index in [9.17, 15) is 19.2 Å². The van der Waals surface area contributed by atoms with Crippen molar-refractivity contribution in [3.8, 4) is 0 Å². The van der Waals surface area contributed by atoms with E-state index in [0.717, 1.165) is 17.5 Å². The summed E-state index contributed by atoms with van der Waals surface area (Å²) in [6.45, 7) is 18.7. The molecule has 0 aliphatic heterocycles. The Morgan fingerprint density at radius 1 is 0.826 bits per heavy atom. The number of unbranched alkanes of at least 4 members (excludes halogenated alkanes) is 1. The molecule has 2 rings (SSSR count). The zero-order valence-corrected chi connectivity index (χ0v) is 29.4. The quantitative estimate of drug-likeness (QED) is 0.224. The first-order valence-electron chi connectivity index (χ1n) is 16.3. The first-order valence-corrected chi connectivity index (χ1v) is 16.3. The van der Waals surface area contributed by atoms with Crippen LogP contribution in [0.1, 0.15) is 104 Å². The van der Waals surface area contributed by atoms with E-state index in [1.165, 1.54) is 4.90 Å². The van der Waals surface area contributed by atoms with E-state index < -0.39 is 53.2 Å². The van der Waals surface area contributed by atoms with Gasteiger partial charge in [0.05, 0.1) is 0 Å². The first kappa shape index (κ1) is 38.3. The van der Waals surface area contributed by atoms with E-state index in [1.54, 1.807) is 41.5 Å². The summed E-state index contributed by atoms with van der Waals surface area (Å²) < 4.78 is 11.2. The highest BCUT2D eigenvalue weighted by atomic mass is 16.6. The molecule has 2 N–H and O–H groups in total. The minimum Gasteiger partial charge on any atom is -0.458 e. The third kappa shape index (κ3) is 13.2. The third-order valence-electron chi connectivity index (χ3n) is 6.94. The molecule has 3 atom stereocenters. The van der Waals surface area contributed by atoms with Gasteiger partial charge in [0, 0.05) is 13.0 Å². The van der Waals surface area contributed by atoms with Gasteiger partial charge in [0.2, 0.25) is 11.8 Å². The standard InChI is InChI=1S/C37H55N3O6/c1-11-12-21-40(33(42)29(22-25(2)3)39-35(44)46-37(8,9)10)31(28-20-16-17-26(4)23-28)32(41)38-30(34(43)45-36(5,6)7)24-27-18-14-13-15-19-27/h13-20,23,25,29-31H,11-12,21-22,24H2,1-10H3,(H,38,41)(H,39,44). The minimum atomic E-state index is -1.07. The molecule has 0 spiro atoms. The van der Waals surface area contributed by atoms with E-state index >= 15 is 0 Å². The van der Waals surface area contributed by atoms with Crippen LogP contribution in [-0.4, -0.2) is 58.6 Å². The minimum absolute atomic E-state index is 0.0607. The van der Waals surface area contributed by atoms with Gasteiger partial charge in [0.25, 0.3) is 0 Å². The van der Waals surface area contributed by atoms with Gasteiger partial charge in [0.15, 0.2) is 0 Å². The molecular weight excluding hydrogens is 582 g/mol. The molecule has 3 unspecified atom stereocenters. The highest BCUT2D eigenvalue weighted by molar-refractivity contribution is 5.94. The summed E-state index contributed by atoms with van der Waals surface area (Å²) in [6, 6.07) is 13.8. The smallest absolute Gasteiger partial charge is 0.408 e. The van der Waals surface area contributed by atoms with Crippen molar-refractivity contribution in [2.45, 2.75) is 124 Å². The largest absolute Gasteiger partial charge is 0.458 e. The van der Waals surface area contributed by atoms with Crippen LogP contribution in [0.2, 0.25) is 0 Å². The van der Waals surface area contributed by atoms with Gasteiger partial charge in [-0.25, -0.2) is 9.59 Å². The van der Waals surface area contributed by atoms with Crippen molar-refractivity contribution in [3.63, 3.8) is 0 Å². The molecule has 0 aliphatic carbocycles. The summed E-state index contributed by atoms with van der Waals surface area (Å²) in [7, 11) is 0. The summed E-state index contributed by atoms with van der Waals surface area (Å²) in [6.07, 6.45) is 1.25. The molecule has 0 heterocycles. The van der Waals surface area contributed by atoms with Crippen molar-refractivity contribution >= 4 is 23.9 Å². The average molecular weight is 638 g/mol. The first-order chi connectivity index (χ1) is 21.4. The molecule has 0 fully saturated rings. The van der Waals surface area contributed by atoms with Gasteiger partial charge in [-0.1, -0.05) is 87.4 Å². The van der Waals surface area contributed by atoms with Gasteiger partial charge in [0.1, 0.15) is 29.3 Å². The lowest BCUT2D eigenvalue weighted by atomic mass is 9.97. The number of ether oxygens (including phenoxy) is 2. The molecule has 2 aromatic rings. The fourth-order valence-corrected chi connectivity index (χ4v) is 5.02. The maximum absolute atomic E-state index is 14.5. The van der Waals surface area contributed by atoms with Crippen molar-refractivity contribution in [3.05, 3.63) is 71.3 Å². The fourth-order valence-electron chi connectivity index (χ4n) is 5.02. The number of carbonyl (C=O) groups is 4. The highest BCUT2D eigenvalue weighted by Gasteiger charge is 2.38. The predicted octanol–water partition coefficient (Wildman–Crippen LogP) is 6.67. The van der Waals surface area contributed by atoms with E-state index in [-0.39, 0.29) is 18.9 Å². The van der Waals surface area contributed by atoms with Crippen molar-refractivity contribution < 1.29 is 28.7 Å². The van der Waals surface area contributed by atoms with E-state index in [1.807, 2.05) is 82.3 Å². The second-order valence-corrected chi connectivity index (χ2v) is 14.3. The number of nitrogens with one attached hydrogen (secondary N) is 2. The van der Waals surface area contributed by atoms with Gasteiger partial charge in [-0.2, -0.15) is 0 Å². The lowest BCUT2D eigenvalue weighted by Crippen LogP contribution is -2.55. The summed E-state index contributed by atoms with van der Waals surface area (Å²) >= 11 is 0. The molecule has 0 saturated carbocycles. The maximum atomic E-state index is 14.5. The molecule has 0 bridgehead atoms. The van der Waals surface area contributed by atoms with Crippen LogP contribution < -0.4 is 10.6 Å². The Hall–Kier alpha value is -3.88. The molecule has 0 aromatic heterocycles. The number of rotatable bonds is 14. The van der Waals surface area contributed by atoms with Gasteiger partial charge in [-0.05, 0) is 78.4 Å². The van der Waals surface area contributed by atoms with Crippen LogP contribution in [0.3, 0.4) is 0 Å². The SMILES string of the molecule is CCCCN(C(=O)C(CC(C)C)NC(=O)OC(C)(C)C)C(C(=O)NC(Cc1ccccc1)C(=O)OC(C)(C)C)c1cccc(C)c1. The fraction of sp³-hybridized carbons (Fsp3) is 0.568. The van der Waals surface area contributed by atoms with Crippen molar-refractivity contribution in [1.29, 1.82) is 0 Å². The molecule has 46 heavy (non-hydrogen) atoms. The Morgan fingerprint density at radius 3 is 2.00 bits per heavy atom. The number of esters is 1. The monoisotopic (exact) mass is 637 g/mol. The van der Waals surface area contributed by atoms with Crippen LogP contribution in [0.15, 0.2) is 54.6 Å².